The molecule has 1 aliphatic rings. The van der Waals surface area contributed by atoms with E-state index in [1.54, 1.807) is 0 Å². The fraction of sp³-hybridized carbons (Fsp3) is 0.500. The van der Waals surface area contributed by atoms with Gasteiger partial charge in [-0.2, -0.15) is 0 Å². The van der Waals surface area contributed by atoms with Gasteiger partial charge in [0.2, 0.25) is 0 Å². The maximum atomic E-state index is 5.37. The predicted molar refractivity (Wildman–Crippen MR) is 57.8 cm³/mol. The van der Waals surface area contributed by atoms with Crippen LogP contribution in [0.2, 0.25) is 0 Å². The van der Waals surface area contributed by atoms with Gasteiger partial charge in [-0.3, -0.25) is 4.98 Å². The van der Waals surface area contributed by atoms with Crippen LogP contribution >= 0.6 is 12.4 Å². The molecule has 0 saturated carbocycles. The predicted octanol–water partition coefficient (Wildman–Crippen LogP) is 1.47. The Morgan fingerprint density at radius 1 is 1.50 bits per heavy atom. The molecule has 2 rings (SSSR count). The number of aromatic nitrogens is 1. The van der Waals surface area contributed by atoms with Crippen LogP contribution in [0.5, 0.6) is 0 Å². The highest BCUT2D eigenvalue weighted by molar-refractivity contribution is 5.85. The van der Waals surface area contributed by atoms with Crippen molar-refractivity contribution in [2.75, 3.05) is 19.8 Å². The van der Waals surface area contributed by atoms with Gasteiger partial charge >= 0.3 is 0 Å². The van der Waals surface area contributed by atoms with E-state index in [2.05, 4.69) is 10.3 Å². The lowest BCUT2D eigenvalue weighted by Crippen LogP contribution is -2.35. The highest BCUT2D eigenvalue weighted by Crippen LogP contribution is 2.13. The second-order valence-corrected chi connectivity index (χ2v) is 3.29. The van der Waals surface area contributed by atoms with Crippen molar-refractivity contribution in [1.82, 2.24) is 10.3 Å². The molecule has 2 heterocycles. The molecule has 0 bridgehead atoms. The molecular formula is C10H15ClN2O. The van der Waals surface area contributed by atoms with Gasteiger partial charge in [0.1, 0.15) is 0 Å². The summed E-state index contributed by atoms with van der Waals surface area (Å²) < 4.78 is 5.37. The van der Waals surface area contributed by atoms with E-state index in [0.717, 1.165) is 31.1 Å². The zero-order valence-corrected chi connectivity index (χ0v) is 9.01. The van der Waals surface area contributed by atoms with Crippen LogP contribution in [0, 0.1) is 6.92 Å². The van der Waals surface area contributed by atoms with Gasteiger partial charge in [-0.15, -0.1) is 12.4 Å². The summed E-state index contributed by atoms with van der Waals surface area (Å²) in [5, 5.41) is 3.38. The minimum absolute atomic E-state index is 0. The first-order valence-corrected chi connectivity index (χ1v) is 4.61. The molecule has 0 radical (unpaired) electrons. The summed E-state index contributed by atoms with van der Waals surface area (Å²) in [5.74, 6) is 0. The van der Waals surface area contributed by atoms with Crippen LogP contribution in [0.1, 0.15) is 17.4 Å². The second-order valence-electron chi connectivity index (χ2n) is 3.29. The van der Waals surface area contributed by atoms with Gasteiger partial charge < -0.3 is 10.1 Å². The Morgan fingerprint density at radius 2 is 2.36 bits per heavy atom. The Bertz CT molecular complexity index is 287. The number of morpholine rings is 1. The maximum Gasteiger partial charge on any atom is 0.0733 e. The van der Waals surface area contributed by atoms with E-state index in [0.29, 0.717) is 0 Å². The molecule has 78 valence electrons. The van der Waals surface area contributed by atoms with Crippen molar-refractivity contribution < 1.29 is 4.74 Å². The van der Waals surface area contributed by atoms with E-state index >= 15 is 0 Å². The average Bonchev–Trinajstić information content (AvgIpc) is 2.19. The summed E-state index contributed by atoms with van der Waals surface area (Å²) in [4.78, 5) is 4.45. The molecule has 14 heavy (non-hydrogen) atoms. The molecule has 0 amide bonds. The molecule has 1 aliphatic heterocycles. The maximum absolute atomic E-state index is 5.37. The van der Waals surface area contributed by atoms with E-state index in [1.807, 2.05) is 25.1 Å². The third-order valence-corrected chi connectivity index (χ3v) is 2.19. The van der Waals surface area contributed by atoms with Crippen LogP contribution in [0.25, 0.3) is 0 Å². The van der Waals surface area contributed by atoms with Crippen LogP contribution in [0.4, 0.5) is 0 Å². The number of nitrogens with zero attached hydrogens (tertiary/aromatic N) is 1. The normalized spacial score (nSPS) is 21.4. The van der Waals surface area contributed by atoms with E-state index in [-0.39, 0.29) is 18.4 Å². The zero-order chi connectivity index (χ0) is 9.10. The van der Waals surface area contributed by atoms with E-state index in [1.165, 1.54) is 0 Å². The van der Waals surface area contributed by atoms with Gasteiger partial charge in [0, 0.05) is 12.2 Å². The fourth-order valence-electron chi connectivity index (χ4n) is 1.51. The molecule has 1 saturated heterocycles. The third-order valence-electron chi connectivity index (χ3n) is 2.19. The van der Waals surface area contributed by atoms with Crippen LogP contribution in [0.3, 0.4) is 0 Å². The molecule has 0 unspecified atom stereocenters. The smallest absolute Gasteiger partial charge is 0.0733 e. The molecule has 1 N–H and O–H groups in total. The Labute approximate surface area is 90.3 Å². The van der Waals surface area contributed by atoms with Gasteiger partial charge in [0.25, 0.3) is 0 Å². The molecule has 3 nitrogen and oxygen atoms in total. The number of hydrogen-bond donors (Lipinski definition) is 1. The number of rotatable bonds is 1. The minimum atomic E-state index is 0. The number of ether oxygens (including phenoxy) is 1. The first-order chi connectivity index (χ1) is 6.36. The molecule has 1 aromatic rings. The van der Waals surface area contributed by atoms with Gasteiger partial charge in [0.05, 0.1) is 24.9 Å². The standard InChI is InChI=1S/C10H14N2O.ClH/c1-8-3-2-4-9(12-8)10-7-13-6-5-11-10;/h2-4,10-11H,5-7H2,1H3;1H/t10-;/m1./s1. The summed E-state index contributed by atoms with van der Waals surface area (Å²) in [7, 11) is 0. The van der Waals surface area contributed by atoms with Gasteiger partial charge in [-0.1, -0.05) is 6.07 Å². The van der Waals surface area contributed by atoms with Crippen molar-refractivity contribution >= 4 is 12.4 Å². The first kappa shape index (κ1) is 11.4. The van der Waals surface area contributed by atoms with Crippen molar-refractivity contribution in [3.05, 3.63) is 29.6 Å². The molecule has 0 aliphatic carbocycles. The fourth-order valence-corrected chi connectivity index (χ4v) is 1.51. The lowest BCUT2D eigenvalue weighted by molar-refractivity contribution is 0.0756. The molecule has 4 heteroatoms. The van der Waals surface area contributed by atoms with Gasteiger partial charge in [0.15, 0.2) is 0 Å². The molecule has 1 fully saturated rings. The van der Waals surface area contributed by atoms with Crippen molar-refractivity contribution in [1.29, 1.82) is 0 Å². The van der Waals surface area contributed by atoms with Crippen molar-refractivity contribution in [2.45, 2.75) is 13.0 Å². The van der Waals surface area contributed by atoms with Crippen LogP contribution in [-0.2, 0) is 4.74 Å². The highest BCUT2D eigenvalue weighted by atomic mass is 35.5. The summed E-state index contributed by atoms with van der Waals surface area (Å²) in [6, 6.07) is 6.36. The second kappa shape index (κ2) is 5.29. The monoisotopic (exact) mass is 214 g/mol. The molecule has 0 aromatic carbocycles. The van der Waals surface area contributed by atoms with Crippen LogP contribution in [-0.4, -0.2) is 24.7 Å². The van der Waals surface area contributed by atoms with Crippen molar-refractivity contribution in [2.24, 2.45) is 0 Å². The quantitative estimate of drug-likeness (QED) is 0.769. The number of aryl methyl sites for hydroxylation is 1. The van der Waals surface area contributed by atoms with E-state index in [9.17, 15) is 0 Å². The van der Waals surface area contributed by atoms with E-state index in [4.69, 9.17) is 4.74 Å². The summed E-state index contributed by atoms with van der Waals surface area (Å²) in [6.07, 6.45) is 0. The minimum Gasteiger partial charge on any atom is -0.378 e. The first-order valence-electron chi connectivity index (χ1n) is 4.61. The SMILES string of the molecule is Cc1cccc([C@H]2COCCN2)n1.Cl. The third kappa shape index (κ3) is 2.67. The molecule has 0 spiro atoms. The van der Waals surface area contributed by atoms with E-state index < -0.39 is 0 Å². The van der Waals surface area contributed by atoms with Crippen LogP contribution < -0.4 is 5.32 Å². The topological polar surface area (TPSA) is 34.1 Å². The highest BCUT2D eigenvalue weighted by Gasteiger charge is 2.15. The Kier molecular flexibility index (Phi) is 4.32. The average molecular weight is 215 g/mol. The number of hydrogen-bond acceptors (Lipinski definition) is 3. The Hall–Kier alpha value is -0.640. The Balaban J connectivity index is 0.000000980. The van der Waals surface area contributed by atoms with Gasteiger partial charge in [-0.25, -0.2) is 0 Å². The zero-order valence-electron chi connectivity index (χ0n) is 8.19. The van der Waals surface area contributed by atoms with Crippen molar-refractivity contribution in [3.8, 4) is 0 Å². The van der Waals surface area contributed by atoms with Gasteiger partial charge in [-0.05, 0) is 19.1 Å². The van der Waals surface area contributed by atoms with Crippen LogP contribution in [0.15, 0.2) is 18.2 Å². The number of halogens is 1. The lowest BCUT2D eigenvalue weighted by atomic mass is 10.1. The summed E-state index contributed by atoms with van der Waals surface area (Å²) >= 11 is 0. The summed E-state index contributed by atoms with van der Waals surface area (Å²) in [5.41, 5.74) is 2.14. The molecule has 1 atom stereocenters. The summed E-state index contributed by atoms with van der Waals surface area (Å²) in [6.45, 7) is 4.46. The number of nitrogens with one attached hydrogen (secondary N) is 1. The molecule has 1 aromatic heterocycles. The molecular weight excluding hydrogens is 200 g/mol. The lowest BCUT2D eigenvalue weighted by Gasteiger charge is -2.23. The number of pyridine rings is 1. The largest absolute Gasteiger partial charge is 0.378 e. The Morgan fingerprint density at radius 3 is 3.00 bits per heavy atom. The van der Waals surface area contributed by atoms with Crippen molar-refractivity contribution in [3.63, 3.8) is 0 Å².